The molecule has 0 saturated heterocycles. The molecule has 2 heterocycles. The van der Waals surface area contributed by atoms with Crippen LogP contribution in [0.25, 0.3) is 10.9 Å². The van der Waals surface area contributed by atoms with E-state index >= 15 is 0 Å². The number of carbonyl (C=O) groups is 1. The van der Waals surface area contributed by atoms with Crippen molar-refractivity contribution in [3.63, 3.8) is 0 Å². The van der Waals surface area contributed by atoms with Gasteiger partial charge in [-0.1, -0.05) is 18.2 Å². The van der Waals surface area contributed by atoms with Gasteiger partial charge in [0.2, 0.25) is 6.41 Å². The van der Waals surface area contributed by atoms with Crippen LogP contribution in [0.2, 0.25) is 0 Å². The Morgan fingerprint density at radius 1 is 1.23 bits per heavy atom. The number of carbonyl (C=O) groups excluding carboxylic acids is 1. The quantitative estimate of drug-likeness (QED) is 0.534. The molecule has 0 spiro atoms. The molecular formula is C25H31N3O3. The first-order valence-corrected chi connectivity index (χ1v) is 10.8. The van der Waals surface area contributed by atoms with E-state index in [1.807, 2.05) is 25.1 Å². The minimum absolute atomic E-state index is 0.0250. The van der Waals surface area contributed by atoms with Gasteiger partial charge in [-0.2, -0.15) is 0 Å². The summed E-state index contributed by atoms with van der Waals surface area (Å²) < 4.78 is 11.7. The minimum Gasteiger partial charge on any atom is -0.493 e. The van der Waals surface area contributed by atoms with Gasteiger partial charge < -0.3 is 24.3 Å². The van der Waals surface area contributed by atoms with Gasteiger partial charge in [0.25, 0.3) is 0 Å². The third-order valence-corrected chi connectivity index (χ3v) is 6.12. The fourth-order valence-electron chi connectivity index (χ4n) is 4.42. The standard InChI is InChI=1S/C25H31N3O3/c1-27(2)12-13-31-25-15-21-18(14-24(25)30-3)10-11-28(17-29)23(21)9-8-19-16-26-22-7-5-4-6-20(19)22/h4-7,14-17,23,26H,8-13H2,1-3H3/t23-/m1/s1. The number of amides is 1. The van der Waals surface area contributed by atoms with E-state index in [-0.39, 0.29) is 6.04 Å². The van der Waals surface area contributed by atoms with Crippen LogP contribution >= 0.6 is 0 Å². The highest BCUT2D eigenvalue weighted by molar-refractivity contribution is 5.83. The molecule has 1 N–H and O–H groups in total. The third kappa shape index (κ3) is 4.54. The van der Waals surface area contributed by atoms with Crippen LogP contribution in [0.15, 0.2) is 42.6 Å². The lowest BCUT2D eigenvalue weighted by molar-refractivity contribution is -0.120. The number of nitrogens with zero attached hydrogens (tertiary/aromatic N) is 2. The molecule has 1 aliphatic rings. The zero-order valence-corrected chi connectivity index (χ0v) is 18.6. The summed E-state index contributed by atoms with van der Waals surface area (Å²) in [5.74, 6) is 1.50. The summed E-state index contributed by atoms with van der Waals surface area (Å²) in [5, 5.41) is 1.25. The molecule has 0 radical (unpaired) electrons. The highest BCUT2D eigenvalue weighted by atomic mass is 16.5. The minimum atomic E-state index is 0.0250. The van der Waals surface area contributed by atoms with Crippen molar-refractivity contribution in [2.24, 2.45) is 0 Å². The zero-order chi connectivity index (χ0) is 21.8. The van der Waals surface area contributed by atoms with Crippen LogP contribution in [-0.2, 0) is 17.6 Å². The number of aromatic amines is 1. The molecule has 1 aliphatic heterocycles. The van der Waals surface area contributed by atoms with Crippen molar-refractivity contribution in [3.05, 3.63) is 59.3 Å². The summed E-state index contributed by atoms with van der Waals surface area (Å²) in [7, 11) is 5.72. The van der Waals surface area contributed by atoms with Crippen molar-refractivity contribution in [3.8, 4) is 11.5 Å². The Balaban J connectivity index is 1.60. The van der Waals surface area contributed by atoms with E-state index in [1.54, 1.807) is 7.11 Å². The van der Waals surface area contributed by atoms with Crippen molar-refractivity contribution >= 4 is 17.3 Å². The molecule has 4 rings (SSSR count). The number of hydrogen-bond acceptors (Lipinski definition) is 4. The molecule has 0 fully saturated rings. The van der Waals surface area contributed by atoms with Crippen LogP contribution in [0.3, 0.4) is 0 Å². The van der Waals surface area contributed by atoms with Gasteiger partial charge in [-0.15, -0.1) is 0 Å². The number of ether oxygens (including phenoxy) is 2. The lowest BCUT2D eigenvalue weighted by Gasteiger charge is -2.35. The Labute approximate surface area is 183 Å². The molecule has 0 bridgehead atoms. The lowest BCUT2D eigenvalue weighted by atomic mass is 9.88. The lowest BCUT2D eigenvalue weighted by Crippen LogP contribution is -2.34. The Hall–Kier alpha value is -2.99. The molecule has 1 atom stereocenters. The van der Waals surface area contributed by atoms with E-state index in [4.69, 9.17) is 9.47 Å². The van der Waals surface area contributed by atoms with E-state index in [9.17, 15) is 4.79 Å². The van der Waals surface area contributed by atoms with Crippen molar-refractivity contribution in [1.82, 2.24) is 14.8 Å². The highest BCUT2D eigenvalue weighted by Gasteiger charge is 2.28. The Morgan fingerprint density at radius 3 is 2.84 bits per heavy atom. The topological polar surface area (TPSA) is 57.8 Å². The Kier molecular flexibility index (Phi) is 6.47. The van der Waals surface area contributed by atoms with Crippen LogP contribution in [0.4, 0.5) is 0 Å². The first-order chi connectivity index (χ1) is 15.1. The summed E-state index contributed by atoms with van der Waals surface area (Å²) in [6, 6.07) is 12.5. The van der Waals surface area contributed by atoms with Gasteiger partial charge in [-0.05, 0) is 68.2 Å². The molecule has 164 valence electrons. The number of nitrogens with one attached hydrogen (secondary N) is 1. The number of H-pyrrole nitrogens is 1. The average Bonchev–Trinajstić information content (AvgIpc) is 3.19. The molecule has 0 saturated carbocycles. The number of hydrogen-bond donors (Lipinski definition) is 1. The first-order valence-electron chi connectivity index (χ1n) is 10.8. The smallest absolute Gasteiger partial charge is 0.210 e. The van der Waals surface area contributed by atoms with E-state index < -0.39 is 0 Å². The van der Waals surface area contributed by atoms with Crippen LogP contribution in [0, 0.1) is 0 Å². The first kappa shape index (κ1) is 21.2. The van der Waals surface area contributed by atoms with Crippen molar-refractivity contribution < 1.29 is 14.3 Å². The van der Waals surface area contributed by atoms with Gasteiger partial charge in [0, 0.05) is 30.2 Å². The zero-order valence-electron chi connectivity index (χ0n) is 18.6. The molecule has 2 aromatic carbocycles. The van der Waals surface area contributed by atoms with E-state index in [1.165, 1.54) is 22.1 Å². The van der Waals surface area contributed by atoms with Crippen molar-refractivity contribution in [2.75, 3.05) is 40.9 Å². The SMILES string of the molecule is COc1cc2c(cc1OCCN(C)C)[C@@H](CCc1c[nH]c3ccccc13)N(C=O)CC2. The maximum atomic E-state index is 11.9. The number of fused-ring (bicyclic) bond motifs is 2. The maximum Gasteiger partial charge on any atom is 0.210 e. The molecule has 0 aliphatic carbocycles. The number of likely N-dealkylation sites (N-methyl/N-ethyl adjacent to an activating group) is 1. The summed E-state index contributed by atoms with van der Waals surface area (Å²) in [4.78, 5) is 19.2. The van der Waals surface area contributed by atoms with Gasteiger partial charge in [0.15, 0.2) is 11.5 Å². The van der Waals surface area contributed by atoms with Crippen molar-refractivity contribution in [1.29, 1.82) is 0 Å². The Bertz CT molecular complexity index is 1040. The number of rotatable bonds is 9. The summed E-state index contributed by atoms with van der Waals surface area (Å²) in [5.41, 5.74) is 4.83. The molecule has 1 amide bonds. The molecule has 3 aromatic rings. The number of methoxy groups -OCH3 is 1. The second-order valence-corrected chi connectivity index (χ2v) is 8.36. The van der Waals surface area contributed by atoms with E-state index in [0.717, 1.165) is 55.8 Å². The maximum absolute atomic E-state index is 11.9. The molecule has 1 aromatic heterocycles. The molecular weight excluding hydrogens is 390 g/mol. The predicted molar refractivity (Wildman–Crippen MR) is 123 cm³/mol. The van der Waals surface area contributed by atoms with Gasteiger partial charge in [0.05, 0.1) is 13.2 Å². The van der Waals surface area contributed by atoms with Gasteiger partial charge in [-0.3, -0.25) is 4.79 Å². The van der Waals surface area contributed by atoms with Crippen molar-refractivity contribution in [2.45, 2.75) is 25.3 Å². The van der Waals surface area contributed by atoms with Gasteiger partial charge in [-0.25, -0.2) is 0 Å². The summed E-state index contributed by atoms with van der Waals surface area (Å²) >= 11 is 0. The molecule has 6 nitrogen and oxygen atoms in total. The highest BCUT2D eigenvalue weighted by Crippen LogP contribution is 2.39. The number of aromatic nitrogens is 1. The number of aryl methyl sites for hydroxylation is 1. The molecule has 0 unspecified atom stereocenters. The summed E-state index contributed by atoms with van der Waals surface area (Å²) in [6.45, 7) is 2.13. The third-order valence-electron chi connectivity index (χ3n) is 6.12. The van der Waals surface area contributed by atoms with Crippen LogP contribution < -0.4 is 9.47 Å². The number of benzene rings is 2. The second kappa shape index (κ2) is 9.43. The van der Waals surface area contributed by atoms with E-state index in [0.29, 0.717) is 6.61 Å². The fourth-order valence-corrected chi connectivity index (χ4v) is 4.42. The monoisotopic (exact) mass is 421 g/mol. The second-order valence-electron chi connectivity index (χ2n) is 8.36. The van der Waals surface area contributed by atoms with Gasteiger partial charge >= 0.3 is 0 Å². The average molecular weight is 422 g/mol. The van der Waals surface area contributed by atoms with Crippen LogP contribution in [0.1, 0.15) is 29.2 Å². The summed E-state index contributed by atoms with van der Waals surface area (Å²) in [6.07, 6.45) is 5.65. The number of para-hydroxylation sites is 1. The molecule has 31 heavy (non-hydrogen) atoms. The predicted octanol–water partition coefficient (Wildman–Crippen LogP) is 3.81. The fraction of sp³-hybridized carbons (Fsp3) is 0.400. The normalized spacial score (nSPS) is 15.9. The Morgan fingerprint density at radius 2 is 2.06 bits per heavy atom. The molecule has 6 heteroatoms. The van der Waals surface area contributed by atoms with Gasteiger partial charge in [0.1, 0.15) is 6.61 Å². The van der Waals surface area contributed by atoms with E-state index in [2.05, 4.69) is 46.4 Å². The van der Waals surface area contributed by atoms with Crippen LogP contribution in [-0.4, -0.2) is 62.1 Å². The largest absolute Gasteiger partial charge is 0.493 e. The van der Waals surface area contributed by atoms with Crippen LogP contribution in [0.5, 0.6) is 11.5 Å².